The van der Waals surface area contributed by atoms with Gasteiger partial charge in [0.05, 0.1) is 13.0 Å². The molecule has 1 aromatic rings. The lowest BCUT2D eigenvalue weighted by Gasteiger charge is -1.97. The highest BCUT2D eigenvalue weighted by Crippen LogP contribution is 2.04. The second-order valence-corrected chi connectivity index (χ2v) is 3.42. The van der Waals surface area contributed by atoms with Crippen LogP contribution in [-0.2, 0) is 9.53 Å². The van der Waals surface area contributed by atoms with E-state index in [1.807, 2.05) is 31.2 Å². The molecule has 0 unspecified atom stereocenters. The van der Waals surface area contributed by atoms with Gasteiger partial charge in [-0.2, -0.15) is 0 Å². The van der Waals surface area contributed by atoms with E-state index in [1.54, 1.807) is 6.92 Å². The van der Waals surface area contributed by atoms with Crippen LogP contribution >= 0.6 is 0 Å². The van der Waals surface area contributed by atoms with Gasteiger partial charge in [0.1, 0.15) is 0 Å². The molecule has 0 aliphatic carbocycles. The van der Waals surface area contributed by atoms with E-state index in [0.717, 1.165) is 11.1 Å². The van der Waals surface area contributed by atoms with Crippen molar-refractivity contribution in [3.8, 4) is 11.8 Å². The van der Waals surface area contributed by atoms with Gasteiger partial charge < -0.3 is 4.74 Å². The summed E-state index contributed by atoms with van der Waals surface area (Å²) >= 11 is 0. The van der Waals surface area contributed by atoms with Crippen LogP contribution in [0.25, 0.3) is 0 Å². The Balaban J connectivity index is 2.44. The van der Waals surface area contributed by atoms with Gasteiger partial charge >= 0.3 is 5.97 Å². The Morgan fingerprint density at radius 1 is 1.38 bits per heavy atom. The van der Waals surface area contributed by atoms with Crippen molar-refractivity contribution in [3.63, 3.8) is 0 Å². The number of carbonyl (C=O) groups excluding carboxylic acids is 1. The predicted octanol–water partition coefficient (Wildman–Crippen LogP) is 2.69. The van der Waals surface area contributed by atoms with Gasteiger partial charge in [-0.25, -0.2) is 0 Å². The van der Waals surface area contributed by atoms with Gasteiger partial charge in [-0.3, -0.25) is 4.79 Å². The minimum absolute atomic E-state index is 0.179. The molecule has 1 rings (SSSR count). The Bertz CT molecular complexity index is 410. The second kappa shape index (κ2) is 6.68. The molecule has 0 amide bonds. The lowest BCUT2D eigenvalue weighted by Crippen LogP contribution is -2.02. The van der Waals surface area contributed by atoms with Crippen LogP contribution in [0.1, 0.15) is 30.9 Å². The fourth-order valence-corrected chi connectivity index (χ4v) is 1.27. The molecule has 0 radical (unpaired) electrons. The minimum atomic E-state index is -0.179. The van der Waals surface area contributed by atoms with E-state index in [-0.39, 0.29) is 5.97 Å². The van der Waals surface area contributed by atoms with Crippen LogP contribution in [0, 0.1) is 18.8 Å². The van der Waals surface area contributed by atoms with Crippen molar-refractivity contribution in [2.75, 3.05) is 6.61 Å². The molecule has 0 saturated carbocycles. The van der Waals surface area contributed by atoms with E-state index >= 15 is 0 Å². The molecule has 16 heavy (non-hydrogen) atoms. The molecule has 0 aliphatic heterocycles. The van der Waals surface area contributed by atoms with Crippen molar-refractivity contribution in [2.24, 2.45) is 0 Å². The van der Waals surface area contributed by atoms with Crippen molar-refractivity contribution < 1.29 is 9.53 Å². The van der Waals surface area contributed by atoms with E-state index in [9.17, 15) is 4.79 Å². The largest absolute Gasteiger partial charge is 0.466 e. The molecule has 0 aliphatic rings. The average molecular weight is 216 g/mol. The highest BCUT2D eigenvalue weighted by Gasteiger charge is 1.98. The Labute approximate surface area is 96.6 Å². The number of carbonyl (C=O) groups is 1. The van der Waals surface area contributed by atoms with Crippen molar-refractivity contribution in [1.29, 1.82) is 0 Å². The Morgan fingerprint density at radius 2 is 2.12 bits per heavy atom. The molecule has 0 N–H and O–H groups in total. The molecule has 2 heteroatoms. The van der Waals surface area contributed by atoms with E-state index in [0.29, 0.717) is 19.4 Å². The van der Waals surface area contributed by atoms with Gasteiger partial charge in [0.25, 0.3) is 0 Å². The van der Waals surface area contributed by atoms with Crippen LogP contribution < -0.4 is 0 Å². The van der Waals surface area contributed by atoms with Crippen molar-refractivity contribution in [2.45, 2.75) is 26.7 Å². The molecule has 2 nitrogen and oxygen atoms in total. The first-order valence-corrected chi connectivity index (χ1v) is 5.44. The summed E-state index contributed by atoms with van der Waals surface area (Å²) in [7, 11) is 0. The van der Waals surface area contributed by atoms with Crippen LogP contribution in [0.4, 0.5) is 0 Å². The predicted molar refractivity (Wildman–Crippen MR) is 63.9 cm³/mol. The van der Waals surface area contributed by atoms with Crippen molar-refractivity contribution in [1.82, 2.24) is 0 Å². The molecule has 0 heterocycles. The number of hydrogen-bond acceptors (Lipinski definition) is 2. The molecular formula is C14H16O2. The maximum absolute atomic E-state index is 11.0. The van der Waals surface area contributed by atoms with E-state index in [2.05, 4.69) is 11.8 Å². The third-order valence-electron chi connectivity index (χ3n) is 2.13. The molecule has 0 aromatic heterocycles. The Morgan fingerprint density at radius 3 is 2.81 bits per heavy atom. The van der Waals surface area contributed by atoms with Gasteiger partial charge in [-0.05, 0) is 25.5 Å². The quantitative estimate of drug-likeness (QED) is 0.573. The first-order chi connectivity index (χ1) is 7.74. The van der Waals surface area contributed by atoms with E-state index < -0.39 is 0 Å². The van der Waals surface area contributed by atoms with Crippen LogP contribution in [0.2, 0.25) is 0 Å². The van der Waals surface area contributed by atoms with Crippen molar-refractivity contribution >= 4 is 5.97 Å². The monoisotopic (exact) mass is 216 g/mol. The number of benzene rings is 1. The molecule has 0 bridgehead atoms. The number of hydrogen-bond donors (Lipinski definition) is 0. The lowest BCUT2D eigenvalue weighted by atomic mass is 10.1. The van der Waals surface area contributed by atoms with Gasteiger partial charge in [-0.15, -0.1) is 0 Å². The zero-order chi connectivity index (χ0) is 11.8. The summed E-state index contributed by atoms with van der Waals surface area (Å²) in [6.45, 7) is 4.26. The summed E-state index contributed by atoms with van der Waals surface area (Å²) in [6, 6.07) is 7.95. The maximum Gasteiger partial charge on any atom is 0.306 e. The SMILES string of the molecule is CCOC(=O)CCC#Cc1ccccc1C. The molecule has 1 aromatic carbocycles. The maximum atomic E-state index is 11.0. The number of esters is 1. The van der Waals surface area contributed by atoms with Crippen LogP contribution in [0.3, 0.4) is 0 Å². The summed E-state index contributed by atoms with van der Waals surface area (Å²) in [5.41, 5.74) is 2.18. The van der Waals surface area contributed by atoms with Crippen LogP contribution in [0.15, 0.2) is 24.3 Å². The third-order valence-corrected chi connectivity index (χ3v) is 2.13. The first-order valence-electron chi connectivity index (χ1n) is 5.44. The molecule has 0 fully saturated rings. The van der Waals surface area contributed by atoms with Crippen molar-refractivity contribution in [3.05, 3.63) is 35.4 Å². The lowest BCUT2D eigenvalue weighted by molar-refractivity contribution is -0.142. The van der Waals surface area contributed by atoms with Gasteiger partial charge in [0, 0.05) is 12.0 Å². The van der Waals surface area contributed by atoms with Crippen LogP contribution in [-0.4, -0.2) is 12.6 Å². The summed E-state index contributed by atoms with van der Waals surface area (Å²) < 4.78 is 4.81. The smallest absolute Gasteiger partial charge is 0.306 e. The zero-order valence-corrected chi connectivity index (χ0v) is 9.75. The molecule has 0 atom stereocenters. The fourth-order valence-electron chi connectivity index (χ4n) is 1.27. The summed E-state index contributed by atoms with van der Waals surface area (Å²) in [5, 5.41) is 0. The van der Waals surface area contributed by atoms with E-state index in [1.165, 1.54) is 0 Å². The minimum Gasteiger partial charge on any atom is -0.466 e. The zero-order valence-electron chi connectivity index (χ0n) is 9.75. The third kappa shape index (κ3) is 4.18. The average Bonchev–Trinajstić information content (AvgIpc) is 2.27. The highest BCUT2D eigenvalue weighted by atomic mass is 16.5. The normalized spacial score (nSPS) is 9.12. The highest BCUT2D eigenvalue weighted by molar-refractivity contribution is 5.69. The number of aryl methyl sites for hydroxylation is 1. The molecule has 0 saturated heterocycles. The molecule has 0 spiro atoms. The topological polar surface area (TPSA) is 26.3 Å². The van der Waals surface area contributed by atoms with Gasteiger partial charge in [0.2, 0.25) is 0 Å². The number of ether oxygens (including phenoxy) is 1. The van der Waals surface area contributed by atoms with E-state index in [4.69, 9.17) is 4.74 Å². The molecular weight excluding hydrogens is 200 g/mol. The van der Waals surface area contributed by atoms with Gasteiger partial charge in [0.15, 0.2) is 0 Å². The summed E-state index contributed by atoms with van der Waals surface area (Å²) in [4.78, 5) is 11.0. The second-order valence-electron chi connectivity index (χ2n) is 3.42. The molecule has 84 valence electrons. The first kappa shape index (κ1) is 12.3. The summed E-state index contributed by atoms with van der Waals surface area (Å²) in [6.07, 6.45) is 0.917. The number of rotatable bonds is 3. The Kier molecular flexibility index (Phi) is 5.15. The standard InChI is InChI=1S/C14H16O2/c1-3-16-14(15)11-7-6-10-13-9-5-4-8-12(13)2/h4-5,8-9H,3,7,11H2,1-2H3. The van der Waals surface area contributed by atoms with Gasteiger partial charge in [-0.1, -0.05) is 30.0 Å². The summed E-state index contributed by atoms with van der Waals surface area (Å²) in [5.74, 6) is 5.85. The Hall–Kier alpha value is -1.75. The fraction of sp³-hybridized carbons (Fsp3) is 0.357. The van der Waals surface area contributed by atoms with Crippen LogP contribution in [0.5, 0.6) is 0 Å².